The van der Waals surface area contributed by atoms with Gasteiger partial charge in [0.1, 0.15) is 0 Å². The predicted molar refractivity (Wildman–Crippen MR) is 105 cm³/mol. The van der Waals surface area contributed by atoms with Crippen LogP contribution in [0, 0.1) is 6.92 Å². The number of aromatic nitrogens is 2. The Hall–Kier alpha value is -3.14. The minimum absolute atomic E-state index is 0.0533. The molecule has 0 spiro atoms. The molecular weight excluding hydrogens is 322 g/mol. The van der Waals surface area contributed by atoms with Gasteiger partial charge in [0.2, 0.25) is 5.91 Å². The standard InChI is InChI=1S/C22H21N3O/c1-14-11-21(25-20-10-6-3-7-17(14)20)22(24-15(2)26)12-16-13-23-19-9-5-4-8-18(16)19/h3-11,13,22-23H,12H2,1-2H3,(H,24,26)/t22-/m0/s1. The first-order chi connectivity index (χ1) is 12.6. The number of hydrogen-bond donors (Lipinski definition) is 2. The molecule has 1 atom stereocenters. The van der Waals surface area contributed by atoms with Crippen molar-refractivity contribution in [3.63, 3.8) is 0 Å². The van der Waals surface area contributed by atoms with Gasteiger partial charge in [-0.1, -0.05) is 36.4 Å². The van der Waals surface area contributed by atoms with Crippen LogP contribution >= 0.6 is 0 Å². The number of hydrogen-bond acceptors (Lipinski definition) is 2. The van der Waals surface area contributed by atoms with Crippen molar-refractivity contribution in [2.24, 2.45) is 0 Å². The zero-order valence-electron chi connectivity index (χ0n) is 14.9. The molecule has 0 saturated heterocycles. The minimum atomic E-state index is -0.171. The molecule has 2 aromatic carbocycles. The van der Waals surface area contributed by atoms with Crippen LogP contribution in [0.25, 0.3) is 21.8 Å². The van der Waals surface area contributed by atoms with Crippen LogP contribution in [-0.4, -0.2) is 15.9 Å². The Balaban J connectivity index is 1.76. The van der Waals surface area contributed by atoms with Gasteiger partial charge >= 0.3 is 0 Å². The lowest BCUT2D eigenvalue weighted by atomic mass is 9.99. The van der Waals surface area contributed by atoms with Gasteiger partial charge in [-0.15, -0.1) is 0 Å². The molecule has 0 bridgehead atoms. The number of nitrogens with one attached hydrogen (secondary N) is 2. The summed E-state index contributed by atoms with van der Waals surface area (Å²) in [6.45, 7) is 3.64. The van der Waals surface area contributed by atoms with Gasteiger partial charge in [0.05, 0.1) is 17.3 Å². The van der Waals surface area contributed by atoms with Gasteiger partial charge in [-0.3, -0.25) is 9.78 Å². The Bertz CT molecular complexity index is 1100. The fraction of sp³-hybridized carbons (Fsp3) is 0.182. The van der Waals surface area contributed by atoms with Gasteiger partial charge in [0.15, 0.2) is 0 Å². The second kappa shape index (κ2) is 6.64. The van der Waals surface area contributed by atoms with E-state index in [9.17, 15) is 4.79 Å². The molecule has 1 amide bonds. The van der Waals surface area contributed by atoms with E-state index in [0.29, 0.717) is 6.42 Å². The lowest BCUT2D eigenvalue weighted by Gasteiger charge is -2.19. The quantitative estimate of drug-likeness (QED) is 0.575. The van der Waals surface area contributed by atoms with Crippen LogP contribution in [0.4, 0.5) is 0 Å². The zero-order chi connectivity index (χ0) is 18.1. The maximum atomic E-state index is 11.8. The molecule has 130 valence electrons. The Morgan fingerprint density at radius 1 is 1.12 bits per heavy atom. The summed E-state index contributed by atoms with van der Waals surface area (Å²) in [6, 6.07) is 18.2. The number of carbonyl (C=O) groups excluding carboxylic acids is 1. The van der Waals surface area contributed by atoms with Crippen molar-refractivity contribution in [2.45, 2.75) is 26.3 Å². The molecular formula is C22H21N3O. The number of rotatable bonds is 4. The van der Waals surface area contributed by atoms with Crippen molar-refractivity contribution in [1.29, 1.82) is 0 Å². The van der Waals surface area contributed by atoms with Crippen molar-refractivity contribution >= 4 is 27.7 Å². The normalized spacial score (nSPS) is 12.4. The number of H-pyrrole nitrogens is 1. The van der Waals surface area contributed by atoms with Crippen LogP contribution in [0.15, 0.2) is 60.8 Å². The molecule has 4 aromatic rings. The first-order valence-electron chi connectivity index (χ1n) is 8.80. The predicted octanol–water partition coefficient (Wildman–Crippen LogP) is 4.44. The highest BCUT2D eigenvalue weighted by Gasteiger charge is 2.18. The second-order valence-corrected chi connectivity index (χ2v) is 6.70. The van der Waals surface area contributed by atoms with E-state index in [-0.39, 0.29) is 11.9 Å². The Labute approximate surface area is 152 Å². The van der Waals surface area contributed by atoms with Crippen LogP contribution in [0.2, 0.25) is 0 Å². The highest BCUT2D eigenvalue weighted by Crippen LogP contribution is 2.26. The summed E-state index contributed by atoms with van der Waals surface area (Å²) in [7, 11) is 0. The molecule has 4 nitrogen and oxygen atoms in total. The number of pyridine rings is 1. The van der Waals surface area contributed by atoms with E-state index in [2.05, 4.69) is 41.5 Å². The fourth-order valence-electron chi connectivity index (χ4n) is 3.55. The number of carbonyl (C=O) groups is 1. The van der Waals surface area contributed by atoms with Crippen LogP contribution in [0.3, 0.4) is 0 Å². The largest absolute Gasteiger partial charge is 0.361 e. The average Bonchev–Trinajstić information content (AvgIpc) is 3.04. The van der Waals surface area contributed by atoms with E-state index in [1.165, 1.54) is 16.5 Å². The van der Waals surface area contributed by atoms with Gasteiger partial charge in [-0.05, 0) is 36.2 Å². The van der Waals surface area contributed by atoms with Crippen LogP contribution in [0.1, 0.15) is 29.8 Å². The summed E-state index contributed by atoms with van der Waals surface area (Å²) in [5.41, 5.74) is 5.29. The Morgan fingerprint density at radius 3 is 2.65 bits per heavy atom. The molecule has 0 aliphatic carbocycles. The fourth-order valence-corrected chi connectivity index (χ4v) is 3.55. The van der Waals surface area contributed by atoms with Crippen molar-refractivity contribution in [3.8, 4) is 0 Å². The molecule has 0 aliphatic heterocycles. The summed E-state index contributed by atoms with van der Waals surface area (Å²) >= 11 is 0. The third-order valence-corrected chi connectivity index (χ3v) is 4.78. The van der Waals surface area contributed by atoms with Gasteiger partial charge < -0.3 is 10.3 Å². The summed E-state index contributed by atoms with van der Waals surface area (Å²) in [6.07, 6.45) is 2.71. The minimum Gasteiger partial charge on any atom is -0.361 e. The maximum Gasteiger partial charge on any atom is 0.217 e. The topological polar surface area (TPSA) is 57.8 Å². The lowest BCUT2D eigenvalue weighted by Crippen LogP contribution is -2.28. The molecule has 4 rings (SSSR count). The zero-order valence-corrected chi connectivity index (χ0v) is 14.9. The van der Waals surface area contributed by atoms with Crippen LogP contribution in [-0.2, 0) is 11.2 Å². The number of fused-ring (bicyclic) bond motifs is 2. The third kappa shape index (κ3) is 3.06. The number of nitrogens with zero attached hydrogens (tertiary/aromatic N) is 1. The number of para-hydroxylation sites is 2. The third-order valence-electron chi connectivity index (χ3n) is 4.78. The van der Waals surface area contributed by atoms with E-state index in [4.69, 9.17) is 4.98 Å². The molecule has 2 N–H and O–H groups in total. The van der Waals surface area contributed by atoms with Crippen LogP contribution in [0.5, 0.6) is 0 Å². The molecule has 0 unspecified atom stereocenters. The van der Waals surface area contributed by atoms with E-state index < -0.39 is 0 Å². The van der Waals surface area contributed by atoms with E-state index in [1.54, 1.807) is 6.92 Å². The molecule has 0 aliphatic rings. The molecule has 0 radical (unpaired) electrons. The van der Waals surface area contributed by atoms with E-state index in [0.717, 1.165) is 22.1 Å². The number of benzene rings is 2. The van der Waals surface area contributed by atoms with Gasteiger partial charge in [0.25, 0.3) is 0 Å². The SMILES string of the molecule is CC(=O)N[C@@H](Cc1c[nH]c2ccccc12)c1cc(C)c2ccccc2n1. The van der Waals surface area contributed by atoms with Crippen molar-refractivity contribution < 1.29 is 4.79 Å². The highest BCUT2D eigenvalue weighted by atomic mass is 16.1. The molecule has 0 saturated carbocycles. The average molecular weight is 343 g/mol. The molecule has 4 heteroatoms. The second-order valence-electron chi connectivity index (χ2n) is 6.70. The van der Waals surface area contributed by atoms with Crippen molar-refractivity contribution in [1.82, 2.24) is 15.3 Å². The van der Waals surface area contributed by atoms with Crippen LogP contribution < -0.4 is 5.32 Å². The molecule has 2 heterocycles. The first-order valence-corrected chi connectivity index (χ1v) is 8.80. The highest BCUT2D eigenvalue weighted by molar-refractivity contribution is 5.84. The van der Waals surface area contributed by atoms with Crippen molar-refractivity contribution in [3.05, 3.63) is 77.6 Å². The summed E-state index contributed by atoms with van der Waals surface area (Å²) in [5, 5.41) is 5.40. The summed E-state index contributed by atoms with van der Waals surface area (Å²) < 4.78 is 0. The summed E-state index contributed by atoms with van der Waals surface area (Å²) in [5.74, 6) is -0.0533. The maximum absolute atomic E-state index is 11.8. The van der Waals surface area contributed by atoms with Gasteiger partial charge in [-0.2, -0.15) is 0 Å². The summed E-state index contributed by atoms with van der Waals surface area (Å²) in [4.78, 5) is 20.0. The number of aryl methyl sites for hydroxylation is 1. The first kappa shape index (κ1) is 16.3. The molecule has 2 aromatic heterocycles. The van der Waals surface area contributed by atoms with Gasteiger partial charge in [0, 0.05) is 35.8 Å². The molecule has 0 fully saturated rings. The van der Waals surface area contributed by atoms with E-state index in [1.807, 2.05) is 36.5 Å². The van der Waals surface area contributed by atoms with E-state index >= 15 is 0 Å². The Kier molecular flexibility index (Phi) is 4.17. The monoisotopic (exact) mass is 343 g/mol. The molecule has 26 heavy (non-hydrogen) atoms. The number of amides is 1. The Morgan fingerprint density at radius 2 is 1.85 bits per heavy atom. The van der Waals surface area contributed by atoms with Gasteiger partial charge in [-0.25, -0.2) is 0 Å². The van der Waals surface area contributed by atoms with Crippen molar-refractivity contribution in [2.75, 3.05) is 0 Å². The lowest BCUT2D eigenvalue weighted by molar-refractivity contribution is -0.119. The number of aromatic amines is 1. The smallest absolute Gasteiger partial charge is 0.217 e.